The number of nitrogens with zero attached hydrogens (tertiary/aromatic N) is 1. The van der Waals surface area contributed by atoms with Gasteiger partial charge in [-0.2, -0.15) is 0 Å². The molecule has 0 heterocycles. The molecule has 106 valence electrons. The molecule has 2 nitrogen and oxygen atoms in total. The molecule has 19 heavy (non-hydrogen) atoms. The van der Waals surface area contributed by atoms with Crippen molar-refractivity contribution in [1.82, 2.24) is 0 Å². The number of hydrogen-bond donors (Lipinski definition) is 1. The largest absolute Gasteiger partial charge is 0.397 e. The number of rotatable bonds is 3. The van der Waals surface area contributed by atoms with Gasteiger partial charge in [0.1, 0.15) is 5.82 Å². The second kappa shape index (κ2) is 6.12. The lowest BCUT2D eigenvalue weighted by atomic mass is 9.84. The summed E-state index contributed by atoms with van der Waals surface area (Å²) in [6.07, 6.45) is 6.25. The van der Waals surface area contributed by atoms with Gasteiger partial charge < -0.3 is 10.6 Å². The van der Waals surface area contributed by atoms with Gasteiger partial charge in [0.25, 0.3) is 0 Å². The Labute approximate surface area is 123 Å². The van der Waals surface area contributed by atoms with E-state index in [0.29, 0.717) is 16.2 Å². The highest BCUT2D eigenvalue weighted by Crippen LogP contribution is 2.35. The third-order valence-electron chi connectivity index (χ3n) is 4.39. The van der Waals surface area contributed by atoms with E-state index >= 15 is 0 Å². The van der Waals surface area contributed by atoms with Gasteiger partial charge in [-0.3, -0.25) is 0 Å². The van der Waals surface area contributed by atoms with Crippen molar-refractivity contribution in [3.63, 3.8) is 0 Å². The summed E-state index contributed by atoms with van der Waals surface area (Å²) in [5, 5.41) is 0. The van der Waals surface area contributed by atoms with Crippen LogP contribution in [0.1, 0.15) is 39.0 Å². The van der Waals surface area contributed by atoms with Crippen molar-refractivity contribution in [2.24, 2.45) is 5.92 Å². The van der Waals surface area contributed by atoms with Crippen molar-refractivity contribution < 1.29 is 4.39 Å². The number of nitrogens with two attached hydrogens (primary N) is 1. The molecule has 4 heteroatoms. The molecule has 0 unspecified atom stereocenters. The van der Waals surface area contributed by atoms with E-state index in [-0.39, 0.29) is 5.82 Å². The minimum Gasteiger partial charge on any atom is -0.397 e. The van der Waals surface area contributed by atoms with Gasteiger partial charge in [-0.1, -0.05) is 13.3 Å². The van der Waals surface area contributed by atoms with Crippen LogP contribution in [-0.4, -0.2) is 13.1 Å². The van der Waals surface area contributed by atoms with Crippen molar-refractivity contribution in [3.8, 4) is 0 Å². The van der Waals surface area contributed by atoms with E-state index in [9.17, 15) is 4.39 Å². The van der Waals surface area contributed by atoms with Crippen LogP contribution in [0.5, 0.6) is 0 Å². The molecule has 0 radical (unpaired) electrons. The number of halogens is 2. The second-order valence-corrected chi connectivity index (χ2v) is 6.37. The summed E-state index contributed by atoms with van der Waals surface area (Å²) in [4.78, 5) is 2.21. The Morgan fingerprint density at radius 3 is 2.53 bits per heavy atom. The van der Waals surface area contributed by atoms with Crippen molar-refractivity contribution in [2.75, 3.05) is 17.7 Å². The Balaban J connectivity index is 2.12. The topological polar surface area (TPSA) is 29.3 Å². The van der Waals surface area contributed by atoms with Gasteiger partial charge in [-0.05, 0) is 53.6 Å². The van der Waals surface area contributed by atoms with E-state index < -0.39 is 0 Å². The van der Waals surface area contributed by atoms with Gasteiger partial charge in [0.15, 0.2) is 0 Å². The first kappa shape index (κ1) is 14.6. The molecule has 1 aliphatic rings. The minimum atomic E-state index is -0.302. The third kappa shape index (κ3) is 3.22. The minimum absolute atomic E-state index is 0.302. The lowest BCUT2D eigenvalue weighted by molar-refractivity contribution is 0.313. The SMILES string of the molecule is CCC1CCC(N(C)c2cc(Br)c(F)cc2N)CC1. The van der Waals surface area contributed by atoms with Gasteiger partial charge >= 0.3 is 0 Å². The quantitative estimate of drug-likeness (QED) is 0.823. The Kier molecular flexibility index (Phi) is 4.71. The maximum Gasteiger partial charge on any atom is 0.139 e. The van der Waals surface area contributed by atoms with Crippen molar-refractivity contribution in [1.29, 1.82) is 0 Å². The van der Waals surface area contributed by atoms with E-state index in [1.807, 2.05) is 0 Å². The summed E-state index contributed by atoms with van der Waals surface area (Å²) in [5.41, 5.74) is 7.39. The highest BCUT2D eigenvalue weighted by Gasteiger charge is 2.24. The molecule has 1 aromatic rings. The molecule has 2 rings (SSSR count). The Morgan fingerprint density at radius 2 is 1.95 bits per heavy atom. The monoisotopic (exact) mass is 328 g/mol. The highest BCUT2D eigenvalue weighted by molar-refractivity contribution is 9.10. The summed E-state index contributed by atoms with van der Waals surface area (Å²) >= 11 is 3.24. The fourth-order valence-electron chi connectivity index (χ4n) is 2.99. The maximum absolute atomic E-state index is 13.4. The molecule has 1 fully saturated rings. The van der Waals surface area contributed by atoms with Crippen LogP contribution in [0.2, 0.25) is 0 Å². The predicted molar refractivity (Wildman–Crippen MR) is 83.0 cm³/mol. The number of nitrogen functional groups attached to an aromatic ring is 1. The van der Waals surface area contributed by atoms with E-state index in [4.69, 9.17) is 5.73 Å². The van der Waals surface area contributed by atoms with Crippen LogP contribution in [0.4, 0.5) is 15.8 Å². The predicted octanol–water partition coefficient (Wildman–Crippen LogP) is 4.58. The summed E-state index contributed by atoms with van der Waals surface area (Å²) in [6, 6.07) is 3.70. The van der Waals surface area contributed by atoms with Gasteiger partial charge in [0.2, 0.25) is 0 Å². The van der Waals surface area contributed by atoms with Gasteiger partial charge in [-0.15, -0.1) is 0 Å². The Morgan fingerprint density at radius 1 is 1.32 bits per heavy atom. The van der Waals surface area contributed by atoms with E-state index in [0.717, 1.165) is 11.6 Å². The first-order chi connectivity index (χ1) is 9.02. The van der Waals surface area contributed by atoms with Gasteiger partial charge in [0, 0.05) is 19.2 Å². The highest BCUT2D eigenvalue weighted by atomic mass is 79.9. The summed E-state index contributed by atoms with van der Waals surface area (Å²) in [6.45, 7) is 2.27. The van der Waals surface area contributed by atoms with E-state index in [1.54, 1.807) is 6.07 Å². The van der Waals surface area contributed by atoms with Crippen molar-refractivity contribution in [2.45, 2.75) is 45.1 Å². The van der Waals surface area contributed by atoms with Crippen LogP contribution in [-0.2, 0) is 0 Å². The van der Waals surface area contributed by atoms with Crippen molar-refractivity contribution >= 4 is 27.3 Å². The lowest BCUT2D eigenvalue weighted by Crippen LogP contribution is -2.35. The smallest absolute Gasteiger partial charge is 0.139 e. The normalized spacial score (nSPS) is 23.4. The molecule has 0 bridgehead atoms. The Hall–Kier alpha value is -0.770. The molecule has 0 aliphatic heterocycles. The fraction of sp³-hybridized carbons (Fsp3) is 0.600. The number of hydrogen-bond acceptors (Lipinski definition) is 2. The first-order valence-electron chi connectivity index (χ1n) is 7.00. The molecule has 0 atom stereocenters. The third-order valence-corrected chi connectivity index (χ3v) is 5.00. The molecule has 0 amide bonds. The molecule has 1 aliphatic carbocycles. The summed E-state index contributed by atoms with van der Waals surface area (Å²) in [5.74, 6) is 0.575. The lowest BCUT2D eigenvalue weighted by Gasteiger charge is -2.36. The zero-order valence-corrected chi connectivity index (χ0v) is 13.2. The molecular weight excluding hydrogens is 307 g/mol. The van der Waals surface area contributed by atoms with E-state index in [1.165, 1.54) is 38.2 Å². The average Bonchev–Trinajstić information content (AvgIpc) is 2.42. The Bertz CT molecular complexity index is 442. The molecule has 1 saturated carbocycles. The first-order valence-corrected chi connectivity index (χ1v) is 7.79. The molecular formula is C15H22BrFN2. The summed E-state index contributed by atoms with van der Waals surface area (Å²) < 4.78 is 13.9. The van der Waals surface area contributed by atoms with E-state index in [2.05, 4.69) is 34.8 Å². The van der Waals surface area contributed by atoms with Crippen LogP contribution in [0, 0.1) is 11.7 Å². The van der Waals surface area contributed by atoms with Crippen molar-refractivity contribution in [3.05, 3.63) is 22.4 Å². The molecule has 2 N–H and O–H groups in total. The van der Waals surface area contributed by atoms with Gasteiger partial charge in [-0.25, -0.2) is 4.39 Å². The van der Waals surface area contributed by atoms with Crippen LogP contribution in [0.3, 0.4) is 0 Å². The molecule has 0 aromatic heterocycles. The molecule has 1 aromatic carbocycles. The standard InChI is InChI=1S/C15H22BrFN2/c1-3-10-4-6-11(7-5-10)19(2)15-8-12(16)13(17)9-14(15)18/h8-11H,3-7,18H2,1-2H3. The maximum atomic E-state index is 13.4. The van der Waals surface area contributed by atoms with Crippen LogP contribution in [0.15, 0.2) is 16.6 Å². The van der Waals surface area contributed by atoms with Crippen LogP contribution in [0.25, 0.3) is 0 Å². The molecule has 0 saturated heterocycles. The second-order valence-electron chi connectivity index (χ2n) is 5.52. The number of anilines is 2. The van der Waals surface area contributed by atoms with Gasteiger partial charge in [0.05, 0.1) is 15.8 Å². The fourth-order valence-corrected chi connectivity index (χ4v) is 3.33. The zero-order valence-electron chi connectivity index (χ0n) is 11.6. The zero-order chi connectivity index (χ0) is 14.0. The average molecular weight is 329 g/mol. The number of benzene rings is 1. The summed E-state index contributed by atoms with van der Waals surface area (Å²) in [7, 11) is 2.06. The van der Waals surface area contributed by atoms with Crippen LogP contribution >= 0.6 is 15.9 Å². The van der Waals surface area contributed by atoms with Crippen LogP contribution < -0.4 is 10.6 Å². The molecule has 0 spiro atoms.